The van der Waals surface area contributed by atoms with Gasteiger partial charge >= 0.3 is 0 Å². The summed E-state index contributed by atoms with van der Waals surface area (Å²) in [5.74, 6) is -0.574. The monoisotopic (exact) mass is 218 g/mol. The molecule has 0 saturated carbocycles. The first kappa shape index (κ1) is 10.2. The van der Waals surface area contributed by atoms with Gasteiger partial charge in [-0.2, -0.15) is 0 Å². The maximum atomic E-state index is 9.60. The molecule has 3 N–H and O–H groups in total. The molecule has 0 aliphatic heterocycles. The fourth-order valence-corrected chi connectivity index (χ4v) is 1.41. The van der Waals surface area contributed by atoms with Gasteiger partial charge in [-0.15, -0.1) is 0 Å². The summed E-state index contributed by atoms with van der Waals surface area (Å²) < 4.78 is 0. The van der Waals surface area contributed by atoms with E-state index >= 15 is 0 Å². The van der Waals surface area contributed by atoms with Crippen LogP contribution in [0.1, 0.15) is 5.56 Å². The Morgan fingerprint density at radius 2 is 1.75 bits per heavy atom. The van der Waals surface area contributed by atoms with Gasteiger partial charge in [-0.1, -0.05) is 0 Å². The first-order chi connectivity index (χ1) is 7.61. The van der Waals surface area contributed by atoms with Crippen molar-refractivity contribution in [1.82, 2.24) is 9.97 Å². The molecule has 0 radical (unpaired) electrons. The quantitative estimate of drug-likeness (QED) is 0.676. The first-order valence-electron chi connectivity index (χ1n) is 4.63. The van der Waals surface area contributed by atoms with Gasteiger partial charge in [0.15, 0.2) is 11.5 Å². The van der Waals surface area contributed by atoms with Gasteiger partial charge in [-0.3, -0.25) is 9.97 Å². The van der Waals surface area contributed by atoms with Crippen LogP contribution in [0.25, 0.3) is 11.4 Å². The highest BCUT2D eigenvalue weighted by molar-refractivity contribution is 5.68. The fraction of sp³-hybridized carbons (Fsp3) is 0.0909. The summed E-state index contributed by atoms with van der Waals surface area (Å²) in [7, 11) is 0. The van der Waals surface area contributed by atoms with Crippen LogP contribution in [-0.4, -0.2) is 25.3 Å². The lowest BCUT2D eigenvalue weighted by molar-refractivity contribution is 0.399. The van der Waals surface area contributed by atoms with Crippen molar-refractivity contribution in [2.75, 3.05) is 0 Å². The summed E-state index contributed by atoms with van der Waals surface area (Å²) in [6.07, 6.45) is 2.63. The molecule has 5 nitrogen and oxygen atoms in total. The number of nitrogens with zero attached hydrogens (tertiary/aromatic N) is 2. The van der Waals surface area contributed by atoms with Crippen LogP contribution in [0.5, 0.6) is 17.2 Å². The smallest absolute Gasteiger partial charge is 0.176 e. The van der Waals surface area contributed by atoms with Crippen molar-refractivity contribution in [1.29, 1.82) is 0 Å². The van der Waals surface area contributed by atoms with E-state index in [9.17, 15) is 15.3 Å². The minimum atomic E-state index is -0.295. The Bertz CT molecular complexity index is 541. The highest BCUT2D eigenvalue weighted by Crippen LogP contribution is 2.35. The first-order valence-corrected chi connectivity index (χ1v) is 4.63. The van der Waals surface area contributed by atoms with Crippen molar-refractivity contribution in [2.45, 2.75) is 6.92 Å². The summed E-state index contributed by atoms with van der Waals surface area (Å²) in [4.78, 5) is 7.91. The molecule has 0 aliphatic rings. The fourth-order valence-electron chi connectivity index (χ4n) is 1.41. The Kier molecular flexibility index (Phi) is 2.36. The predicted octanol–water partition coefficient (Wildman–Crippen LogP) is 1.57. The summed E-state index contributed by atoms with van der Waals surface area (Å²) in [6, 6.07) is 3.07. The number of rotatable bonds is 1. The molecule has 0 bridgehead atoms. The molecule has 2 rings (SSSR count). The molecule has 0 saturated heterocycles. The summed E-state index contributed by atoms with van der Waals surface area (Å²) in [6.45, 7) is 1.59. The topological polar surface area (TPSA) is 86.5 Å². The van der Waals surface area contributed by atoms with Crippen LogP contribution in [0.4, 0.5) is 0 Å². The van der Waals surface area contributed by atoms with Crippen molar-refractivity contribution in [3.63, 3.8) is 0 Å². The molecule has 0 spiro atoms. The minimum Gasteiger partial charge on any atom is -0.506 e. The molecule has 0 aromatic carbocycles. The molecule has 0 fully saturated rings. The summed E-state index contributed by atoms with van der Waals surface area (Å²) in [5.41, 5.74) is 0.984. The second-order valence-electron chi connectivity index (χ2n) is 3.34. The van der Waals surface area contributed by atoms with E-state index in [0.29, 0.717) is 11.3 Å². The van der Waals surface area contributed by atoms with E-state index in [0.717, 1.165) is 6.20 Å². The van der Waals surface area contributed by atoms with E-state index in [4.69, 9.17) is 0 Å². The van der Waals surface area contributed by atoms with E-state index < -0.39 is 0 Å². The largest absolute Gasteiger partial charge is 0.506 e. The zero-order valence-corrected chi connectivity index (χ0v) is 8.55. The average Bonchev–Trinajstić information content (AvgIpc) is 2.28. The van der Waals surface area contributed by atoms with Gasteiger partial charge in [-0.05, 0) is 19.1 Å². The molecule has 0 unspecified atom stereocenters. The van der Waals surface area contributed by atoms with Crippen LogP contribution in [-0.2, 0) is 0 Å². The minimum absolute atomic E-state index is 0.0248. The Labute approximate surface area is 91.7 Å². The van der Waals surface area contributed by atoms with Gasteiger partial charge in [0.1, 0.15) is 11.4 Å². The predicted molar refractivity (Wildman–Crippen MR) is 57.2 cm³/mol. The van der Waals surface area contributed by atoms with Crippen molar-refractivity contribution in [3.8, 4) is 28.6 Å². The van der Waals surface area contributed by atoms with Crippen LogP contribution >= 0.6 is 0 Å². The van der Waals surface area contributed by atoms with Crippen molar-refractivity contribution >= 4 is 0 Å². The number of aromatic nitrogens is 2. The van der Waals surface area contributed by atoms with Crippen LogP contribution < -0.4 is 0 Å². The molecule has 5 heteroatoms. The van der Waals surface area contributed by atoms with Crippen LogP contribution in [0.3, 0.4) is 0 Å². The van der Waals surface area contributed by atoms with Crippen molar-refractivity contribution in [2.24, 2.45) is 0 Å². The van der Waals surface area contributed by atoms with E-state index in [1.807, 2.05) is 0 Å². The second kappa shape index (κ2) is 3.69. The zero-order valence-electron chi connectivity index (χ0n) is 8.55. The molecule has 0 amide bonds. The van der Waals surface area contributed by atoms with Gasteiger partial charge in [-0.25, -0.2) is 0 Å². The lowest BCUT2D eigenvalue weighted by Gasteiger charge is -2.08. The molecular weight excluding hydrogens is 208 g/mol. The number of hydrogen-bond acceptors (Lipinski definition) is 5. The average molecular weight is 218 g/mol. The standard InChI is InChI=1S/C11H10N2O3/c1-6-9(13-5-8(15)11(6)16)10-7(14)3-2-4-12-10/h2-5,14-15H,1H3,(H,13,16). The van der Waals surface area contributed by atoms with E-state index in [1.54, 1.807) is 13.0 Å². The molecule has 16 heavy (non-hydrogen) atoms. The zero-order chi connectivity index (χ0) is 11.7. The van der Waals surface area contributed by atoms with Crippen molar-refractivity contribution in [3.05, 3.63) is 30.1 Å². The maximum absolute atomic E-state index is 9.60. The van der Waals surface area contributed by atoms with Gasteiger partial charge in [0.05, 0.1) is 11.9 Å². The highest BCUT2D eigenvalue weighted by Gasteiger charge is 2.14. The maximum Gasteiger partial charge on any atom is 0.176 e. The van der Waals surface area contributed by atoms with Gasteiger partial charge in [0, 0.05) is 11.8 Å². The van der Waals surface area contributed by atoms with Gasteiger partial charge in [0.2, 0.25) is 0 Å². The lowest BCUT2D eigenvalue weighted by atomic mass is 10.1. The summed E-state index contributed by atoms with van der Waals surface area (Å²) >= 11 is 0. The van der Waals surface area contributed by atoms with E-state index in [2.05, 4.69) is 9.97 Å². The van der Waals surface area contributed by atoms with Crippen molar-refractivity contribution < 1.29 is 15.3 Å². The number of aromatic hydroxyl groups is 3. The Morgan fingerprint density at radius 1 is 1.00 bits per heavy atom. The third-order valence-electron chi connectivity index (χ3n) is 2.28. The van der Waals surface area contributed by atoms with Gasteiger partial charge < -0.3 is 15.3 Å². The molecule has 2 heterocycles. The SMILES string of the molecule is Cc1c(-c2ncccc2O)ncc(O)c1O. The van der Waals surface area contributed by atoms with E-state index in [1.165, 1.54) is 12.3 Å². The molecule has 2 aromatic heterocycles. The Hall–Kier alpha value is -2.30. The van der Waals surface area contributed by atoms with Gasteiger partial charge in [0.25, 0.3) is 0 Å². The third kappa shape index (κ3) is 1.52. The Balaban J connectivity index is 2.66. The Morgan fingerprint density at radius 3 is 2.44 bits per heavy atom. The number of pyridine rings is 2. The third-order valence-corrected chi connectivity index (χ3v) is 2.28. The molecule has 82 valence electrons. The number of hydrogen-bond donors (Lipinski definition) is 3. The van der Waals surface area contributed by atoms with Crippen LogP contribution in [0.15, 0.2) is 24.5 Å². The van der Waals surface area contributed by atoms with Crippen LogP contribution in [0, 0.1) is 6.92 Å². The molecule has 2 aromatic rings. The second-order valence-corrected chi connectivity index (χ2v) is 3.34. The molecule has 0 aliphatic carbocycles. The van der Waals surface area contributed by atoms with E-state index in [-0.39, 0.29) is 22.9 Å². The normalized spacial score (nSPS) is 10.3. The molecule has 0 atom stereocenters. The molecular formula is C11H10N2O3. The summed E-state index contributed by atoms with van der Waals surface area (Å²) in [5, 5.41) is 28.4. The lowest BCUT2D eigenvalue weighted by Crippen LogP contribution is -1.92. The van der Waals surface area contributed by atoms with Crippen LogP contribution in [0.2, 0.25) is 0 Å². The highest BCUT2D eigenvalue weighted by atomic mass is 16.3.